The van der Waals surface area contributed by atoms with Crippen LogP contribution in [0.25, 0.3) is 0 Å². The number of nitrogens with one attached hydrogen (secondary N) is 1. The van der Waals surface area contributed by atoms with E-state index in [1.807, 2.05) is 0 Å². The third-order valence-electron chi connectivity index (χ3n) is 2.56. The molecular formula is C13H12N2O4. The fourth-order valence-corrected chi connectivity index (χ4v) is 1.62. The lowest BCUT2D eigenvalue weighted by Gasteiger charge is -2.02. The van der Waals surface area contributed by atoms with E-state index >= 15 is 0 Å². The molecule has 0 saturated carbocycles. The number of carbonyl (C=O) groups excluding carboxylic acids is 1. The molecule has 19 heavy (non-hydrogen) atoms. The first-order chi connectivity index (χ1) is 9.08. The summed E-state index contributed by atoms with van der Waals surface area (Å²) in [6, 6.07) is 4.58. The third kappa shape index (κ3) is 2.98. The molecule has 0 saturated heterocycles. The Hall–Kier alpha value is -2.63. The minimum Gasteiger partial charge on any atom is -0.478 e. The summed E-state index contributed by atoms with van der Waals surface area (Å²) < 4.78 is 5.25. The zero-order valence-corrected chi connectivity index (χ0v) is 10.2. The van der Waals surface area contributed by atoms with Crippen molar-refractivity contribution in [3.63, 3.8) is 0 Å². The van der Waals surface area contributed by atoms with E-state index < -0.39 is 5.97 Å². The molecule has 6 nitrogen and oxygen atoms in total. The van der Waals surface area contributed by atoms with Crippen LogP contribution in [0.4, 0.5) is 0 Å². The Morgan fingerprint density at radius 3 is 2.63 bits per heavy atom. The highest BCUT2D eigenvalue weighted by atomic mass is 16.4. The van der Waals surface area contributed by atoms with Crippen molar-refractivity contribution in [3.8, 4) is 0 Å². The Labute approximate surface area is 109 Å². The quantitative estimate of drug-likeness (QED) is 0.871. The minimum atomic E-state index is -1.05. The van der Waals surface area contributed by atoms with Gasteiger partial charge in [-0.1, -0.05) is 0 Å². The van der Waals surface area contributed by atoms with Crippen LogP contribution in [0, 0.1) is 6.92 Å². The molecule has 1 amide bonds. The average Bonchev–Trinajstić information content (AvgIpc) is 2.78. The molecule has 2 aromatic rings. The second kappa shape index (κ2) is 5.34. The SMILES string of the molecule is Cc1oc(CNC(=O)c2ccncc2)cc1C(=O)O. The van der Waals surface area contributed by atoms with Crippen LogP contribution in [0.2, 0.25) is 0 Å². The smallest absolute Gasteiger partial charge is 0.339 e. The van der Waals surface area contributed by atoms with Gasteiger partial charge in [-0.25, -0.2) is 4.79 Å². The van der Waals surface area contributed by atoms with E-state index in [1.54, 1.807) is 19.1 Å². The molecule has 0 unspecified atom stereocenters. The first-order valence-electron chi connectivity index (χ1n) is 5.58. The fraction of sp³-hybridized carbons (Fsp3) is 0.154. The molecule has 0 aromatic carbocycles. The van der Waals surface area contributed by atoms with Crippen molar-refractivity contribution in [2.45, 2.75) is 13.5 Å². The number of carboxylic acid groups (broad SMARTS) is 1. The summed E-state index contributed by atoms with van der Waals surface area (Å²) >= 11 is 0. The lowest BCUT2D eigenvalue weighted by molar-refractivity contribution is 0.0694. The Balaban J connectivity index is 2.01. The molecule has 98 valence electrons. The van der Waals surface area contributed by atoms with Gasteiger partial charge in [0.1, 0.15) is 17.1 Å². The largest absolute Gasteiger partial charge is 0.478 e. The first kappa shape index (κ1) is 12.8. The van der Waals surface area contributed by atoms with Gasteiger partial charge in [0, 0.05) is 18.0 Å². The maximum Gasteiger partial charge on any atom is 0.339 e. The third-order valence-corrected chi connectivity index (χ3v) is 2.56. The predicted molar refractivity (Wildman–Crippen MR) is 65.8 cm³/mol. The average molecular weight is 260 g/mol. The molecule has 0 aliphatic heterocycles. The maximum atomic E-state index is 11.7. The molecule has 0 radical (unpaired) electrons. The molecule has 0 aliphatic carbocycles. The van der Waals surface area contributed by atoms with E-state index in [0.717, 1.165) is 0 Å². The van der Waals surface area contributed by atoms with Gasteiger partial charge in [-0.3, -0.25) is 9.78 Å². The highest BCUT2D eigenvalue weighted by Gasteiger charge is 2.14. The van der Waals surface area contributed by atoms with Crippen LogP contribution in [-0.2, 0) is 6.54 Å². The second-order valence-electron chi connectivity index (χ2n) is 3.91. The molecule has 6 heteroatoms. The number of hydrogen-bond acceptors (Lipinski definition) is 4. The van der Waals surface area contributed by atoms with Crippen molar-refractivity contribution in [2.75, 3.05) is 0 Å². The molecular weight excluding hydrogens is 248 g/mol. The number of aryl methyl sites for hydroxylation is 1. The number of carbonyl (C=O) groups is 2. The first-order valence-corrected chi connectivity index (χ1v) is 5.58. The molecule has 2 aromatic heterocycles. The molecule has 2 N–H and O–H groups in total. The Bertz CT molecular complexity index is 604. The number of rotatable bonds is 4. The van der Waals surface area contributed by atoms with Crippen molar-refractivity contribution in [3.05, 3.63) is 53.2 Å². The lowest BCUT2D eigenvalue weighted by Crippen LogP contribution is -2.22. The van der Waals surface area contributed by atoms with Gasteiger partial charge in [-0.2, -0.15) is 0 Å². The Morgan fingerprint density at radius 2 is 2.05 bits per heavy atom. The van der Waals surface area contributed by atoms with Gasteiger partial charge in [0.15, 0.2) is 0 Å². The van der Waals surface area contributed by atoms with Gasteiger partial charge in [0.2, 0.25) is 0 Å². The summed E-state index contributed by atoms with van der Waals surface area (Å²) in [5.74, 6) is -0.598. The van der Waals surface area contributed by atoms with Crippen LogP contribution < -0.4 is 5.32 Å². The van der Waals surface area contributed by atoms with E-state index in [9.17, 15) is 9.59 Å². The van der Waals surface area contributed by atoms with Crippen LogP contribution in [0.5, 0.6) is 0 Å². The number of amides is 1. The number of aromatic nitrogens is 1. The second-order valence-corrected chi connectivity index (χ2v) is 3.91. The number of nitrogens with zero attached hydrogens (tertiary/aromatic N) is 1. The van der Waals surface area contributed by atoms with Gasteiger partial charge in [-0.15, -0.1) is 0 Å². The fourth-order valence-electron chi connectivity index (χ4n) is 1.62. The normalized spacial score (nSPS) is 10.2. The standard InChI is InChI=1S/C13H12N2O4/c1-8-11(13(17)18)6-10(19-8)7-15-12(16)9-2-4-14-5-3-9/h2-6H,7H2,1H3,(H,15,16)(H,17,18). The van der Waals surface area contributed by atoms with Crippen LogP contribution in [-0.4, -0.2) is 22.0 Å². The monoisotopic (exact) mass is 260 g/mol. The van der Waals surface area contributed by atoms with Crippen LogP contribution in [0.15, 0.2) is 35.0 Å². The van der Waals surface area contributed by atoms with E-state index in [2.05, 4.69) is 10.3 Å². The van der Waals surface area contributed by atoms with E-state index in [-0.39, 0.29) is 18.0 Å². The van der Waals surface area contributed by atoms with Crippen molar-refractivity contribution in [1.82, 2.24) is 10.3 Å². The number of hydrogen-bond donors (Lipinski definition) is 2. The van der Waals surface area contributed by atoms with Crippen molar-refractivity contribution in [1.29, 1.82) is 0 Å². The van der Waals surface area contributed by atoms with Gasteiger partial charge in [0.25, 0.3) is 5.91 Å². The Kier molecular flexibility index (Phi) is 3.61. The maximum absolute atomic E-state index is 11.7. The highest BCUT2D eigenvalue weighted by Crippen LogP contribution is 2.14. The molecule has 0 aliphatic rings. The molecule has 0 spiro atoms. The predicted octanol–water partition coefficient (Wildman–Crippen LogP) is 1.61. The van der Waals surface area contributed by atoms with E-state index in [0.29, 0.717) is 17.1 Å². The number of furan rings is 1. The topological polar surface area (TPSA) is 92.4 Å². The zero-order valence-electron chi connectivity index (χ0n) is 10.2. The van der Waals surface area contributed by atoms with Crippen molar-refractivity contribution in [2.24, 2.45) is 0 Å². The zero-order chi connectivity index (χ0) is 13.8. The number of carboxylic acids is 1. The summed E-state index contributed by atoms with van der Waals surface area (Å²) in [7, 11) is 0. The van der Waals surface area contributed by atoms with Gasteiger partial charge in [0.05, 0.1) is 6.54 Å². The minimum absolute atomic E-state index is 0.105. The number of pyridine rings is 1. The summed E-state index contributed by atoms with van der Waals surface area (Å²) in [5, 5.41) is 11.5. The summed E-state index contributed by atoms with van der Waals surface area (Å²) in [5.41, 5.74) is 0.588. The van der Waals surface area contributed by atoms with Crippen molar-refractivity contribution >= 4 is 11.9 Å². The summed E-state index contributed by atoms with van der Waals surface area (Å²) in [6.07, 6.45) is 3.04. The molecule has 0 atom stereocenters. The van der Waals surface area contributed by atoms with E-state index in [4.69, 9.17) is 9.52 Å². The molecule has 0 bridgehead atoms. The number of aromatic carboxylic acids is 1. The summed E-state index contributed by atoms with van der Waals surface area (Å²) in [4.78, 5) is 26.4. The van der Waals surface area contributed by atoms with E-state index in [1.165, 1.54) is 18.5 Å². The van der Waals surface area contributed by atoms with Gasteiger partial charge >= 0.3 is 5.97 Å². The van der Waals surface area contributed by atoms with Crippen LogP contribution >= 0.6 is 0 Å². The Morgan fingerprint density at radius 1 is 1.37 bits per heavy atom. The van der Waals surface area contributed by atoms with Gasteiger partial charge in [-0.05, 0) is 25.1 Å². The molecule has 2 heterocycles. The molecule has 0 fully saturated rings. The lowest BCUT2D eigenvalue weighted by atomic mass is 10.2. The molecule has 2 rings (SSSR count). The highest BCUT2D eigenvalue weighted by molar-refractivity contribution is 5.94. The van der Waals surface area contributed by atoms with Gasteiger partial charge < -0.3 is 14.8 Å². The van der Waals surface area contributed by atoms with Crippen molar-refractivity contribution < 1.29 is 19.1 Å². The summed E-state index contributed by atoms with van der Waals surface area (Å²) in [6.45, 7) is 1.70. The van der Waals surface area contributed by atoms with Crippen LogP contribution in [0.3, 0.4) is 0 Å². The van der Waals surface area contributed by atoms with Crippen LogP contribution in [0.1, 0.15) is 32.2 Å².